The second kappa shape index (κ2) is 3.91. The van der Waals surface area contributed by atoms with E-state index in [1.807, 2.05) is 6.07 Å². The van der Waals surface area contributed by atoms with Crippen LogP contribution in [-0.4, -0.2) is 18.0 Å². The molecule has 2 rings (SSSR count). The molecule has 15 heavy (non-hydrogen) atoms. The van der Waals surface area contributed by atoms with Crippen molar-refractivity contribution in [2.24, 2.45) is 5.10 Å². The Labute approximate surface area is 86.2 Å². The van der Waals surface area contributed by atoms with Gasteiger partial charge in [-0.3, -0.25) is 9.59 Å². The van der Waals surface area contributed by atoms with Crippen molar-refractivity contribution in [2.45, 2.75) is 6.42 Å². The maximum Gasteiger partial charge on any atom is 0.246 e. The lowest BCUT2D eigenvalue weighted by Gasteiger charge is -2.02. The number of nitrogens with zero attached hydrogens (tertiary/aromatic N) is 1. The minimum Gasteiger partial charge on any atom is -0.329 e. The van der Waals surface area contributed by atoms with E-state index in [9.17, 15) is 9.59 Å². The number of anilines is 1. The van der Waals surface area contributed by atoms with Gasteiger partial charge in [0, 0.05) is 11.3 Å². The topological polar surface area (TPSA) is 70.6 Å². The average molecular weight is 203 g/mol. The summed E-state index contributed by atoms with van der Waals surface area (Å²) in [5.74, 6) is -0.112. The Morgan fingerprint density at radius 1 is 1.47 bits per heavy atom. The molecule has 2 N–H and O–H groups in total. The van der Waals surface area contributed by atoms with Crippen molar-refractivity contribution in [3.63, 3.8) is 0 Å². The number of hydrogen-bond donors (Lipinski definition) is 2. The highest BCUT2D eigenvalue weighted by Crippen LogP contribution is 2.13. The molecule has 0 saturated carbocycles. The molecule has 0 saturated heterocycles. The fourth-order valence-corrected chi connectivity index (χ4v) is 1.38. The van der Waals surface area contributed by atoms with Crippen LogP contribution in [0.15, 0.2) is 29.4 Å². The molecule has 0 aromatic heterocycles. The minimum atomic E-state index is -0.112. The van der Waals surface area contributed by atoms with E-state index in [1.54, 1.807) is 18.2 Å². The van der Waals surface area contributed by atoms with Crippen LogP contribution < -0.4 is 10.7 Å². The van der Waals surface area contributed by atoms with Crippen LogP contribution >= 0.6 is 0 Å². The molecule has 5 heteroatoms. The second-order valence-electron chi connectivity index (χ2n) is 3.11. The molecule has 0 bridgehead atoms. The zero-order valence-electron chi connectivity index (χ0n) is 7.86. The molecular weight excluding hydrogens is 194 g/mol. The molecule has 0 spiro atoms. The molecule has 1 heterocycles. The normalized spacial score (nSPS) is 14.4. The molecule has 0 atom stereocenters. The standard InChI is InChI=1S/C10H9N3O2/c14-6-11-8-3-1-2-7(4-8)9-5-10(15)13-12-9/h1-4,6H,5H2,(H,11,14)(H,13,15). The third-order valence-electron chi connectivity index (χ3n) is 2.06. The van der Waals surface area contributed by atoms with Crippen molar-refractivity contribution in [3.8, 4) is 0 Å². The number of amides is 2. The Balaban J connectivity index is 2.25. The lowest BCUT2D eigenvalue weighted by atomic mass is 10.1. The van der Waals surface area contributed by atoms with Gasteiger partial charge in [-0.15, -0.1) is 0 Å². The van der Waals surface area contributed by atoms with Crippen molar-refractivity contribution in [1.82, 2.24) is 5.43 Å². The molecule has 5 nitrogen and oxygen atoms in total. The van der Waals surface area contributed by atoms with Crippen LogP contribution in [0.2, 0.25) is 0 Å². The van der Waals surface area contributed by atoms with Crippen molar-refractivity contribution in [2.75, 3.05) is 5.32 Å². The highest BCUT2D eigenvalue weighted by molar-refractivity contribution is 6.14. The lowest BCUT2D eigenvalue weighted by Crippen LogP contribution is -2.09. The largest absolute Gasteiger partial charge is 0.329 e. The van der Waals surface area contributed by atoms with Gasteiger partial charge in [0.05, 0.1) is 12.1 Å². The Morgan fingerprint density at radius 3 is 3.00 bits per heavy atom. The number of nitrogens with one attached hydrogen (secondary N) is 2. The number of carbonyl (C=O) groups is 2. The average Bonchev–Trinajstić information content (AvgIpc) is 2.66. The highest BCUT2D eigenvalue weighted by atomic mass is 16.2. The van der Waals surface area contributed by atoms with E-state index in [0.29, 0.717) is 17.8 Å². The summed E-state index contributed by atoms with van der Waals surface area (Å²) in [4.78, 5) is 21.2. The molecule has 1 aromatic rings. The first-order valence-electron chi connectivity index (χ1n) is 4.45. The quantitative estimate of drug-likeness (QED) is 0.701. The van der Waals surface area contributed by atoms with E-state index in [2.05, 4.69) is 15.8 Å². The fraction of sp³-hybridized carbons (Fsp3) is 0.100. The van der Waals surface area contributed by atoms with Gasteiger partial charge in [-0.05, 0) is 12.1 Å². The van der Waals surface area contributed by atoms with E-state index < -0.39 is 0 Å². The first kappa shape index (κ1) is 9.39. The summed E-state index contributed by atoms with van der Waals surface area (Å²) in [5, 5.41) is 6.43. The maximum atomic E-state index is 10.9. The third kappa shape index (κ3) is 2.01. The Kier molecular flexibility index (Phi) is 2.45. The van der Waals surface area contributed by atoms with Gasteiger partial charge in [0.15, 0.2) is 0 Å². The Hall–Kier alpha value is -2.17. The Bertz CT molecular complexity index is 440. The minimum absolute atomic E-state index is 0.112. The summed E-state index contributed by atoms with van der Waals surface area (Å²) in [7, 11) is 0. The predicted molar refractivity (Wildman–Crippen MR) is 55.4 cm³/mol. The van der Waals surface area contributed by atoms with Crippen LogP contribution in [0.5, 0.6) is 0 Å². The number of hydrogen-bond acceptors (Lipinski definition) is 3. The van der Waals surface area contributed by atoms with Gasteiger partial charge in [0.2, 0.25) is 12.3 Å². The molecule has 1 aromatic carbocycles. The lowest BCUT2D eigenvalue weighted by molar-refractivity contribution is -0.119. The summed E-state index contributed by atoms with van der Waals surface area (Å²) in [6.45, 7) is 0. The van der Waals surface area contributed by atoms with Crippen molar-refractivity contribution in [1.29, 1.82) is 0 Å². The summed E-state index contributed by atoms with van der Waals surface area (Å²) >= 11 is 0. The van der Waals surface area contributed by atoms with Crippen LogP contribution in [0.3, 0.4) is 0 Å². The summed E-state index contributed by atoms with van der Waals surface area (Å²) in [5.41, 5.74) is 4.59. The van der Waals surface area contributed by atoms with Crippen molar-refractivity contribution in [3.05, 3.63) is 29.8 Å². The van der Waals surface area contributed by atoms with Gasteiger partial charge < -0.3 is 5.32 Å². The van der Waals surface area contributed by atoms with Crippen molar-refractivity contribution < 1.29 is 9.59 Å². The number of carbonyl (C=O) groups excluding carboxylic acids is 2. The first-order chi connectivity index (χ1) is 7.29. The third-order valence-corrected chi connectivity index (χ3v) is 2.06. The van der Waals surface area contributed by atoms with E-state index in [0.717, 1.165) is 5.56 Å². The number of benzene rings is 1. The zero-order valence-corrected chi connectivity index (χ0v) is 7.86. The predicted octanol–water partition coefficient (Wildman–Crippen LogP) is 0.479. The van der Waals surface area contributed by atoms with Crippen LogP contribution in [-0.2, 0) is 9.59 Å². The summed E-state index contributed by atoms with van der Waals surface area (Å²) < 4.78 is 0. The highest BCUT2D eigenvalue weighted by Gasteiger charge is 2.15. The van der Waals surface area contributed by atoms with Gasteiger partial charge in [-0.2, -0.15) is 5.10 Å². The monoisotopic (exact) mass is 203 g/mol. The Morgan fingerprint density at radius 2 is 2.33 bits per heavy atom. The van der Waals surface area contributed by atoms with Crippen LogP contribution in [0.4, 0.5) is 5.69 Å². The van der Waals surface area contributed by atoms with Gasteiger partial charge in [0.25, 0.3) is 0 Å². The van der Waals surface area contributed by atoms with Crippen LogP contribution in [0.1, 0.15) is 12.0 Å². The molecule has 0 aliphatic carbocycles. The molecule has 76 valence electrons. The van der Waals surface area contributed by atoms with Gasteiger partial charge in [-0.1, -0.05) is 12.1 Å². The van der Waals surface area contributed by atoms with E-state index in [1.165, 1.54) is 0 Å². The molecule has 2 amide bonds. The molecule has 1 aliphatic rings. The van der Waals surface area contributed by atoms with Crippen LogP contribution in [0, 0.1) is 0 Å². The molecule has 0 unspecified atom stereocenters. The molecular formula is C10H9N3O2. The summed E-state index contributed by atoms with van der Waals surface area (Å²) in [6, 6.07) is 7.18. The molecule has 0 fully saturated rings. The van der Waals surface area contributed by atoms with Gasteiger partial charge >= 0.3 is 0 Å². The van der Waals surface area contributed by atoms with E-state index >= 15 is 0 Å². The first-order valence-corrected chi connectivity index (χ1v) is 4.45. The number of rotatable bonds is 3. The van der Waals surface area contributed by atoms with Crippen LogP contribution in [0.25, 0.3) is 0 Å². The van der Waals surface area contributed by atoms with E-state index in [-0.39, 0.29) is 12.3 Å². The van der Waals surface area contributed by atoms with Gasteiger partial charge in [0.1, 0.15) is 0 Å². The zero-order chi connectivity index (χ0) is 10.7. The van der Waals surface area contributed by atoms with Gasteiger partial charge in [-0.25, -0.2) is 5.43 Å². The SMILES string of the molecule is O=CNc1cccc(C2=NNC(=O)C2)c1. The number of hydrazone groups is 1. The summed E-state index contributed by atoms with van der Waals surface area (Å²) in [6.07, 6.45) is 0.892. The fourth-order valence-electron chi connectivity index (χ4n) is 1.38. The maximum absolute atomic E-state index is 10.9. The van der Waals surface area contributed by atoms with E-state index in [4.69, 9.17) is 0 Å². The molecule has 1 aliphatic heterocycles. The molecule has 0 radical (unpaired) electrons. The second-order valence-corrected chi connectivity index (χ2v) is 3.11. The van der Waals surface area contributed by atoms with Crippen molar-refractivity contribution >= 4 is 23.7 Å². The smallest absolute Gasteiger partial charge is 0.246 e.